The highest BCUT2D eigenvalue weighted by Crippen LogP contribution is 2.04. The number of rotatable bonds is 8. The second-order valence-electron chi connectivity index (χ2n) is 4.56. The fraction of sp³-hybridized carbons (Fsp3) is 0.917. The average molecular weight is 230 g/mol. The highest BCUT2D eigenvalue weighted by molar-refractivity contribution is 5.78. The van der Waals surface area contributed by atoms with Gasteiger partial charge in [-0.3, -0.25) is 4.79 Å². The maximum absolute atomic E-state index is 11.5. The predicted molar refractivity (Wildman–Crippen MR) is 66.4 cm³/mol. The van der Waals surface area contributed by atoms with Crippen molar-refractivity contribution in [3.8, 4) is 0 Å². The maximum atomic E-state index is 11.5. The lowest BCUT2D eigenvalue weighted by molar-refractivity contribution is -0.121. The van der Waals surface area contributed by atoms with Crippen LogP contribution >= 0.6 is 0 Å². The zero-order chi connectivity index (χ0) is 12.6. The Balaban J connectivity index is 3.79. The monoisotopic (exact) mass is 230 g/mol. The highest BCUT2D eigenvalue weighted by atomic mass is 16.5. The Morgan fingerprint density at radius 3 is 2.38 bits per heavy atom. The van der Waals surface area contributed by atoms with Crippen molar-refractivity contribution >= 4 is 5.91 Å². The van der Waals surface area contributed by atoms with Crippen molar-refractivity contribution in [2.24, 2.45) is 5.92 Å². The van der Waals surface area contributed by atoms with Crippen LogP contribution in [-0.4, -0.2) is 38.3 Å². The molecular weight excluding hydrogens is 204 g/mol. The van der Waals surface area contributed by atoms with Crippen molar-refractivity contribution in [2.75, 3.05) is 20.3 Å². The Bertz CT molecular complexity index is 195. The molecule has 0 aliphatic heterocycles. The lowest BCUT2D eigenvalue weighted by Gasteiger charge is -2.21. The molecule has 0 rings (SSSR count). The first kappa shape index (κ1) is 15.4. The molecule has 0 aromatic rings. The molecule has 0 saturated heterocycles. The third-order valence-corrected chi connectivity index (χ3v) is 2.59. The van der Waals surface area contributed by atoms with Gasteiger partial charge in [-0.05, 0) is 19.3 Å². The summed E-state index contributed by atoms with van der Waals surface area (Å²) in [6.45, 7) is 9.31. The third kappa shape index (κ3) is 6.80. The van der Waals surface area contributed by atoms with Gasteiger partial charge < -0.3 is 15.4 Å². The van der Waals surface area contributed by atoms with Crippen molar-refractivity contribution in [1.82, 2.24) is 10.6 Å². The van der Waals surface area contributed by atoms with E-state index < -0.39 is 0 Å². The number of amides is 1. The van der Waals surface area contributed by atoms with E-state index in [2.05, 4.69) is 31.4 Å². The van der Waals surface area contributed by atoms with Gasteiger partial charge in [0.15, 0.2) is 0 Å². The normalized spacial score (nSPS) is 14.9. The molecule has 0 fully saturated rings. The molecule has 0 heterocycles. The molecule has 4 heteroatoms. The van der Waals surface area contributed by atoms with Crippen LogP contribution in [-0.2, 0) is 9.53 Å². The lowest BCUT2D eigenvalue weighted by atomic mass is 10.0. The molecule has 16 heavy (non-hydrogen) atoms. The molecule has 96 valence electrons. The van der Waals surface area contributed by atoms with E-state index in [0.717, 1.165) is 6.42 Å². The van der Waals surface area contributed by atoms with Gasteiger partial charge in [0, 0.05) is 19.2 Å². The summed E-state index contributed by atoms with van der Waals surface area (Å²) in [6, 6.07) is 0.474. The number of methoxy groups -OCH3 is 1. The van der Waals surface area contributed by atoms with Gasteiger partial charge in [0.25, 0.3) is 0 Å². The molecule has 0 radical (unpaired) electrons. The summed E-state index contributed by atoms with van der Waals surface area (Å²) in [5.74, 6) is 0.581. The number of ether oxygens (including phenoxy) is 1. The summed E-state index contributed by atoms with van der Waals surface area (Å²) >= 11 is 0. The van der Waals surface area contributed by atoms with E-state index in [4.69, 9.17) is 4.74 Å². The maximum Gasteiger partial charge on any atom is 0.234 e. The van der Waals surface area contributed by atoms with Gasteiger partial charge in [-0.25, -0.2) is 0 Å². The standard InChI is InChI=1S/C12H26N2O2/c1-6-11(9(2)3)13-7-12(15)14-10(4)8-16-5/h9-11,13H,6-8H2,1-5H3,(H,14,15). The summed E-state index contributed by atoms with van der Waals surface area (Å²) in [5, 5.41) is 6.14. The van der Waals surface area contributed by atoms with Gasteiger partial charge in [0.2, 0.25) is 5.91 Å². The first-order valence-corrected chi connectivity index (χ1v) is 6.02. The third-order valence-electron chi connectivity index (χ3n) is 2.59. The number of nitrogens with one attached hydrogen (secondary N) is 2. The molecule has 0 aliphatic carbocycles. The topological polar surface area (TPSA) is 50.4 Å². The van der Waals surface area contributed by atoms with Crippen LogP contribution in [0.1, 0.15) is 34.1 Å². The molecule has 2 unspecified atom stereocenters. The summed E-state index contributed by atoms with van der Waals surface area (Å²) in [5.41, 5.74) is 0. The van der Waals surface area contributed by atoms with E-state index in [1.807, 2.05) is 6.92 Å². The smallest absolute Gasteiger partial charge is 0.234 e. The first-order valence-electron chi connectivity index (χ1n) is 6.02. The van der Waals surface area contributed by atoms with Crippen LogP contribution in [0.15, 0.2) is 0 Å². The molecule has 2 atom stereocenters. The molecule has 0 aliphatic rings. The van der Waals surface area contributed by atoms with Crippen LogP contribution in [0.4, 0.5) is 0 Å². The Labute approximate surface area is 99.1 Å². The number of carbonyl (C=O) groups excluding carboxylic acids is 1. The van der Waals surface area contributed by atoms with Crippen molar-refractivity contribution < 1.29 is 9.53 Å². The van der Waals surface area contributed by atoms with Crippen molar-refractivity contribution in [3.63, 3.8) is 0 Å². The minimum absolute atomic E-state index is 0.0312. The summed E-state index contributed by atoms with van der Waals surface area (Å²) in [7, 11) is 1.63. The van der Waals surface area contributed by atoms with Gasteiger partial charge in [-0.2, -0.15) is 0 Å². The zero-order valence-electron chi connectivity index (χ0n) is 11.2. The van der Waals surface area contributed by atoms with E-state index >= 15 is 0 Å². The van der Waals surface area contributed by atoms with Gasteiger partial charge in [0.1, 0.15) is 0 Å². The molecule has 0 aromatic carbocycles. The molecule has 2 N–H and O–H groups in total. The van der Waals surface area contributed by atoms with Crippen LogP contribution in [0.3, 0.4) is 0 Å². The van der Waals surface area contributed by atoms with Crippen molar-refractivity contribution in [2.45, 2.75) is 46.2 Å². The molecule has 0 bridgehead atoms. The number of hydrogen-bond donors (Lipinski definition) is 2. The van der Waals surface area contributed by atoms with E-state index in [9.17, 15) is 4.79 Å². The second-order valence-corrected chi connectivity index (χ2v) is 4.56. The van der Waals surface area contributed by atoms with Crippen LogP contribution in [0.2, 0.25) is 0 Å². The number of hydrogen-bond acceptors (Lipinski definition) is 3. The summed E-state index contributed by atoms with van der Waals surface area (Å²) in [6.07, 6.45) is 1.04. The molecule has 0 saturated carbocycles. The van der Waals surface area contributed by atoms with Crippen LogP contribution < -0.4 is 10.6 Å². The lowest BCUT2D eigenvalue weighted by Crippen LogP contribution is -2.44. The van der Waals surface area contributed by atoms with Gasteiger partial charge in [-0.15, -0.1) is 0 Å². The second kappa shape index (κ2) is 8.53. The Morgan fingerprint density at radius 1 is 1.31 bits per heavy atom. The highest BCUT2D eigenvalue weighted by Gasteiger charge is 2.12. The van der Waals surface area contributed by atoms with E-state index in [0.29, 0.717) is 25.1 Å². The number of carbonyl (C=O) groups is 1. The molecule has 1 amide bonds. The van der Waals surface area contributed by atoms with Crippen molar-refractivity contribution in [1.29, 1.82) is 0 Å². The minimum Gasteiger partial charge on any atom is -0.383 e. The average Bonchev–Trinajstić information content (AvgIpc) is 2.18. The van der Waals surface area contributed by atoms with Crippen molar-refractivity contribution in [3.05, 3.63) is 0 Å². The summed E-state index contributed by atoms with van der Waals surface area (Å²) < 4.78 is 4.95. The first-order chi connectivity index (χ1) is 7.51. The Kier molecular flexibility index (Phi) is 8.21. The van der Waals surface area contributed by atoms with Gasteiger partial charge in [-0.1, -0.05) is 20.8 Å². The molecule has 0 aromatic heterocycles. The fourth-order valence-corrected chi connectivity index (χ4v) is 1.69. The largest absolute Gasteiger partial charge is 0.383 e. The molecular formula is C12H26N2O2. The predicted octanol–water partition coefficient (Wildman–Crippen LogP) is 1.16. The van der Waals surface area contributed by atoms with Crippen LogP contribution in [0.5, 0.6) is 0 Å². The molecule has 0 spiro atoms. The van der Waals surface area contributed by atoms with E-state index in [1.54, 1.807) is 7.11 Å². The van der Waals surface area contributed by atoms with Gasteiger partial charge >= 0.3 is 0 Å². The van der Waals surface area contributed by atoms with E-state index in [1.165, 1.54) is 0 Å². The van der Waals surface area contributed by atoms with Crippen LogP contribution in [0, 0.1) is 5.92 Å². The van der Waals surface area contributed by atoms with Crippen LogP contribution in [0.25, 0.3) is 0 Å². The summed E-state index contributed by atoms with van der Waals surface area (Å²) in [4.78, 5) is 11.5. The fourth-order valence-electron chi connectivity index (χ4n) is 1.69. The Hall–Kier alpha value is -0.610. The van der Waals surface area contributed by atoms with E-state index in [-0.39, 0.29) is 11.9 Å². The minimum atomic E-state index is 0.0312. The van der Waals surface area contributed by atoms with Gasteiger partial charge in [0.05, 0.1) is 13.2 Å². The Morgan fingerprint density at radius 2 is 1.94 bits per heavy atom. The SMILES string of the molecule is CCC(NCC(=O)NC(C)COC)C(C)C. The molecule has 4 nitrogen and oxygen atoms in total. The quantitative estimate of drug-likeness (QED) is 0.658. The zero-order valence-corrected chi connectivity index (χ0v) is 11.2.